The maximum absolute atomic E-state index is 9.90. The molecule has 0 amide bonds. The molecule has 4 aromatic rings. The van der Waals surface area contributed by atoms with Crippen LogP contribution in [0.3, 0.4) is 0 Å². The van der Waals surface area contributed by atoms with Crippen LogP contribution >= 0.6 is 0 Å². The summed E-state index contributed by atoms with van der Waals surface area (Å²) in [5.41, 5.74) is 10.1. The molecule has 3 heterocycles. The summed E-state index contributed by atoms with van der Waals surface area (Å²) in [6, 6.07) is 23.1. The van der Waals surface area contributed by atoms with E-state index in [1.54, 1.807) is 12.4 Å². The Labute approximate surface area is 172 Å². The second-order valence-corrected chi connectivity index (χ2v) is 6.81. The van der Waals surface area contributed by atoms with Crippen molar-refractivity contribution < 1.29 is 9.15 Å². The molecule has 0 radical (unpaired) electrons. The number of para-hydroxylation sites is 2. The number of fused-ring (bicyclic) bond motifs is 1. The number of nitriles is 1. The molecule has 5 rings (SSSR count). The van der Waals surface area contributed by atoms with E-state index in [1.165, 1.54) is 0 Å². The van der Waals surface area contributed by atoms with Crippen molar-refractivity contribution in [2.75, 3.05) is 0 Å². The first-order valence-electron chi connectivity index (χ1n) is 9.39. The van der Waals surface area contributed by atoms with Gasteiger partial charge in [0.05, 0.1) is 11.5 Å². The molecule has 0 aliphatic carbocycles. The summed E-state index contributed by atoms with van der Waals surface area (Å²) in [4.78, 5) is 8.89. The van der Waals surface area contributed by atoms with Gasteiger partial charge >= 0.3 is 0 Å². The predicted molar refractivity (Wildman–Crippen MR) is 112 cm³/mol. The van der Waals surface area contributed by atoms with E-state index in [9.17, 15) is 5.26 Å². The van der Waals surface area contributed by atoms with Crippen molar-refractivity contribution in [3.63, 3.8) is 0 Å². The third kappa shape index (κ3) is 2.90. The molecule has 6 heteroatoms. The molecule has 6 nitrogen and oxygen atoms in total. The molecule has 2 aromatic heterocycles. The smallest absolute Gasteiger partial charge is 0.228 e. The Bertz CT molecular complexity index is 1300. The monoisotopic (exact) mass is 392 g/mol. The highest BCUT2D eigenvalue weighted by atomic mass is 16.5. The molecule has 1 atom stereocenters. The van der Waals surface area contributed by atoms with Crippen molar-refractivity contribution in [1.29, 1.82) is 5.26 Å². The van der Waals surface area contributed by atoms with Crippen LogP contribution < -0.4 is 5.73 Å². The van der Waals surface area contributed by atoms with Crippen LogP contribution in [-0.4, -0.2) is 9.97 Å². The Morgan fingerprint density at radius 3 is 2.50 bits per heavy atom. The molecule has 0 bridgehead atoms. The van der Waals surface area contributed by atoms with Crippen molar-refractivity contribution in [3.8, 4) is 6.07 Å². The number of ether oxygens (including phenoxy) is 1. The fourth-order valence-corrected chi connectivity index (χ4v) is 3.66. The fourth-order valence-electron chi connectivity index (χ4n) is 3.66. The van der Waals surface area contributed by atoms with Gasteiger partial charge in [-0.25, -0.2) is 4.98 Å². The number of hydrogen-bond acceptors (Lipinski definition) is 6. The number of nitrogens with zero attached hydrogens (tertiary/aromatic N) is 3. The van der Waals surface area contributed by atoms with Crippen LogP contribution in [0.15, 0.2) is 95.0 Å². The molecule has 0 fully saturated rings. The van der Waals surface area contributed by atoms with Crippen LogP contribution in [0, 0.1) is 11.3 Å². The Morgan fingerprint density at radius 2 is 1.77 bits per heavy atom. The van der Waals surface area contributed by atoms with Gasteiger partial charge in [0.25, 0.3) is 0 Å². The molecule has 0 spiro atoms. The lowest BCUT2D eigenvalue weighted by molar-refractivity contribution is 0.362. The highest BCUT2D eigenvalue weighted by Gasteiger charge is 2.37. The Hall–Kier alpha value is -4.37. The first kappa shape index (κ1) is 17.7. The molecule has 0 saturated carbocycles. The van der Waals surface area contributed by atoms with E-state index in [4.69, 9.17) is 14.9 Å². The van der Waals surface area contributed by atoms with Gasteiger partial charge in [-0.3, -0.25) is 4.98 Å². The lowest BCUT2D eigenvalue weighted by Gasteiger charge is -2.27. The second kappa shape index (κ2) is 7.22. The Balaban J connectivity index is 1.83. The van der Waals surface area contributed by atoms with Gasteiger partial charge in [0.1, 0.15) is 22.9 Å². The van der Waals surface area contributed by atoms with Crippen LogP contribution in [0.1, 0.15) is 22.9 Å². The summed E-state index contributed by atoms with van der Waals surface area (Å²) in [7, 11) is 0. The summed E-state index contributed by atoms with van der Waals surface area (Å²) in [5, 5.41) is 9.90. The summed E-state index contributed by atoms with van der Waals surface area (Å²) < 4.78 is 12.1. The maximum Gasteiger partial charge on any atom is 0.228 e. The zero-order chi connectivity index (χ0) is 20.5. The van der Waals surface area contributed by atoms with Crippen molar-refractivity contribution in [1.82, 2.24) is 9.97 Å². The molecular formula is C24H16N4O2. The summed E-state index contributed by atoms with van der Waals surface area (Å²) in [6.07, 6.45) is 3.37. The number of allylic oxidation sites excluding steroid dienone is 2. The maximum atomic E-state index is 9.90. The molecule has 1 aliphatic rings. The van der Waals surface area contributed by atoms with E-state index in [1.807, 2.05) is 66.7 Å². The van der Waals surface area contributed by atoms with Crippen LogP contribution in [0.25, 0.3) is 22.4 Å². The van der Waals surface area contributed by atoms with Gasteiger partial charge in [-0.2, -0.15) is 5.26 Å². The van der Waals surface area contributed by atoms with Crippen molar-refractivity contribution in [2.24, 2.45) is 5.73 Å². The minimum absolute atomic E-state index is 0.0602. The van der Waals surface area contributed by atoms with Gasteiger partial charge in [0.15, 0.2) is 5.58 Å². The average molecular weight is 392 g/mol. The molecule has 1 aliphatic heterocycles. The number of oxazole rings is 1. The highest BCUT2D eigenvalue weighted by Crippen LogP contribution is 2.47. The summed E-state index contributed by atoms with van der Waals surface area (Å²) in [5.74, 6) is 0.419. The van der Waals surface area contributed by atoms with Gasteiger partial charge in [-0.05, 0) is 29.8 Å². The average Bonchev–Trinajstić information content (AvgIpc) is 3.23. The van der Waals surface area contributed by atoms with E-state index in [-0.39, 0.29) is 5.88 Å². The normalized spacial score (nSPS) is 16.4. The molecule has 144 valence electrons. The van der Waals surface area contributed by atoms with Crippen LogP contribution in [0.5, 0.6) is 0 Å². The molecule has 0 saturated heterocycles. The number of nitrogens with two attached hydrogens (primary N) is 1. The van der Waals surface area contributed by atoms with E-state index in [0.717, 1.165) is 16.6 Å². The molecular weight excluding hydrogens is 376 g/mol. The first-order chi connectivity index (χ1) is 14.8. The van der Waals surface area contributed by atoms with Crippen molar-refractivity contribution in [2.45, 2.75) is 5.92 Å². The van der Waals surface area contributed by atoms with E-state index >= 15 is 0 Å². The zero-order valence-corrected chi connectivity index (χ0v) is 15.8. The van der Waals surface area contributed by atoms with Crippen LogP contribution in [0.4, 0.5) is 0 Å². The summed E-state index contributed by atoms with van der Waals surface area (Å²) >= 11 is 0. The number of pyridine rings is 1. The molecule has 30 heavy (non-hydrogen) atoms. The number of aromatic nitrogens is 2. The van der Waals surface area contributed by atoms with Gasteiger partial charge in [-0.1, -0.05) is 42.5 Å². The summed E-state index contributed by atoms with van der Waals surface area (Å²) in [6.45, 7) is 0. The lowest BCUT2D eigenvalue weighted by Crippen LogP contribution is -2.20. The van der Waals surface area contributed by atoms with Gasteiger partial charge in [0, 0.05) is 18.0 Å². The number of benzene rings is 2. The number of hydrogen-bond donors (Lipinski definition) is 1. The van der Waals surface area contributed by atoms with Gasteiger partial charge in [-0.15, -0.1) is 0 Å². The van der Waals surface area contributed by atoms with Crippen LogP contribution in [0.2, 0.25) is 0 Å². The van der Waals surface area contributed by atoms with Crippen molar-refractivity contribution >= 4 is 22.4 Å². The third-order valence-electron chi connectivity index (χ3n) is 5.00. The Kier molecular flexibility index (Phi) is 4.26. The third-order valence-corrected chi connectivity index (χ3v) is 5.00. The largest absolute Gasteiger partial charge is 0.439 e. The molecule has 0 unspecified atom stereocenters. The standard InChI is InChI=1S/C24H16N4O2/c25-13-17-20(15-7-2-1-3-8-15)21(24-28-18-10-4-5-11-19(18)29-24)22(30-23(17)26)16-9-6-12-27-14-16/h1-12,14,20H,26H2/t20-/m0/s1. The van der Waals surface area contributed by atoms with Crippen LogP contribution in [-0.2, 0) is 4.74 Å². The zero-order valence-electron chi connectivity index (χ0n) is 15.8. The molecule has 2 N–H and O–H groups in total. The second-order valence-electron chi connectivity index (χ2n) is 6.81. The first-order valence-corrected chi connectivity index (χ1v) is 9.39. The number of rotatable bonds is 3. The van der Waals surface area contributed by atoms with E-state index in [0.29, 0.717) is 28.4 Å². The fraction of sp³-hybridized carbons (Fsp3) is 0.0417. The van der Waals surface area contributed by atoms with E-state index < -0.39 is 5.92 Å². The minimum atomic E-state index is -0.492. The highest BCUT2D eigenvalue weighted by molar-refractivity contribution is 5.93. The lowest BCUT2D eigenvalue weighted by atomic mass is 9.82. The van der Waals surface area contributed by atoms with Crippen molar-refractivity contribution in [3.05, 3.63) is 108 Å². The van der Waals surface area contributed by atoms with E-state index in [2.05, 4.69) is 16.0 Å². The SMILES string of the molecule is N#CC1=C(N)OC(c2cccnc2)=C(c2nc3ccccc3o2)[C@H]1c1ccccc1. The van der Waals surface area contributed by atoms with Gasteiger partial charge < -0.3 is 14.9 Å². The Morgan fingerprint density at radius 1 is 0.967 bits per heavy atom. The topological polar surface area (TPSA) is 98.0 Å². The van der Waals surface area contributed by atoms with Gasteiger partial charge in [0.2, 0.25) is 11.8 Å². The quantitative estimate of drug-likeness (QED) is 0.547. The minimum Gasteiger partial charge on any atom is -0.439 e. The predicted octanol–water partition coefficient (Wildman–Crippen LogP) is 4.60. The molecule has 2 aromatic carbocycles.